The summed E-state index contributed by atoms with van der Waals surface area (Å²) in [7, 11) is -2.93. The third-order valence-electron chi connectivity index (χ3n) is 2.00. The Balaban J connectivity index is 2.29. The summed E-state index contributed by atoms with van der Waals surface area (Å²) in [5.41, 5.74) is 5.19. The molecule has 1 fully saturated rings. The van der Waals surface area contributed by atoms with E-state index in [4.69, 9.17) is 5.73 Å². The number of amides is 2. The Hall–Kier alpha value is -0.820. The van der Waals surface area contributed by atoms with Crippen LogP contribution in [0.5, 0.6) is 0 Å². The van der Waals surface area contributed by atoms with Crippen molar-refractivity contribution in [1.29, 1.82) is 0 Å². The molecule has 1 rings (SSSR count). The second-order valence-electron chi connectivity index (χ2n) is 3.29. The van der Waals surface area contributed by atoms with E-state index in [1.807, 2.05) is 0 Å². The molecule has 0 radical (unpaired) electrons. The molecule has 0 aromatic carbocycles. The Morgan fingerprint density at radius 2 is 2.21 bits per heavy atom. The Morgan fingerprint density at radius 3 is 2.71 bits per heavy atom. The van der Waals surface area contributed by atoms with Gasteiger partial charge < -0.3 is 16.4 Å². The van der Waals surface area contributed by atoms with Crippen molar-refractivity contribution in [1.82, 2.24) is 10.6 Å². The number of nitrogens with two attached hydrogens (primary N) is 1. The van der Waals surface area contributed by atoms with Crippen LogP contribution in [0.2, 0.25) is 0 Å². The Kier molecular flexibility index (Phi) is 3.70. The number of carbonyl (C=O) groups is 1. The monoisotopic (exact) mass is 221 g/mol. The molecule has 1 heterocycles. The largest absolute Gasteiger partial charge is 0.337 e. The van der Waals surface area contributed by atoms with Gasteiger partial charge in [-0.3, -0.25) is 0 Å². The van der Waals surface area contributed by atoms with Crippen LogP contribution in [-0.2, 0) is 9.84 Å². The number of nitrogens with one attached hydrogen (secondary N) is 2. The van der Waals surface area contributed by atoms with Crippen molar-refractivity contribution in [3.05, 3.63) is 0 Å². The van der Waals surface area contributed by atoms with Crippen LogP contribution in [-0.4, -0.2) is 45.1 Å². The van der Waals surface area contributed by atoms with E-state index in [0.29, 0.717) is 19.5 Å². The standard InChI is InChI=1S/C7H15N3O3S/c8-2-3-9-7(11)10-6-1-4-14(12,13)5-6/h6H,1-5,8H2,(H2,9,10,11). The van der Waals surface area contributed by atoms with E-state index in [2.05, 4.69) is 10.6 Å². The molecule has 4 N–H and O–H groups in total. The fourth-order valence-corrected chi connectivity index (χ4v) is 3.00. The quantitative estimate of drug-likeness (QED) is 0.536. The van der Waals surface area contributed by atoms with Crippen LogP contribution in [0.25, 0.3) is 0 Å². The minimum Gasteiger partial charge on any atom is -0.337 e. The molecule has 0 bridgehead atoms. The van der Waals surface area contributed by atoms with Crippen molar-refractivity contribution >= 4 is 15.9 Å². The van der Waals surface area contributed by atoms with E-state index in [-0.39, 0.29) is 23.6 Å². The van der Waals surface area contributed by atoms with Gasteiger partial charge in [0.2, 0.25) is 0 Å². The maximum Gasteiger partial charge on any atom is 0.315 e. The van der Waals surface area contributed by atoms with Crippen LogP contribution in [0, 0.1) is 0 Å². The molecule has 1 saturated heterocycles. The molecule has 82 valence electrons. The molecule has 14 heavy (non-hydrogen) atoms. The van der Waals surface area contributed by atoms with Gasteiger partial charge in [0.1, 0.15) is 0 Å². The summed E-state index contributed by atoms with van der Waals surface area (Å²) in [5.74, 6) is 0.206. The Morgan fingerprint density at radius 1 is 1.50 bits per heavy atom. The molecule has 0 spiro atoms. The van der Waals surface area contributed by atoms with Crippen LogP contribution in [0.3, 0.4) is 0 Å². The molecule has 0 aromatic rings. The van der Waals surface area contributed by atoms with Crippen LogP contribution in [0.4, 0.5) is 4.79 Å². The molecule has 6 nitrogen and oxygen atoms in total. The number of hydrogen-bond donors (Lipinski definition) is 3. The fraction of sp³-hybridized carbons (Fsp3) is 0.857. The van der Waals surface area contributed by atoms with Gasteiger partial charge in [-0.25, -0.2) is 13.2 Å². The van der Waals surface area contributed by atoms with Crippen LogP contribution in [0.15, 0.2) is 0 Å². The van der Waals surface area contributed by atoms with Crippen LogP contribution in [0.1, 0.15) is 6.42 Å². The summed E-state index contributed by atoms with van der Waals surface area (Å²) in [6.45, 7) is 0.766. The molecule has 2 amide bonds. The third-order valence-corrected chi connectivity index (χ3v) is 3.77. The minimum absolute atomic E-state index is 0.0447. The van der Waals surface area contributed by atoms with Crippen LogP contribution < -0.4 is 16.4 Å². The highest BCUT2D eigenvalue weighted by Gasteiger charge is 2.28. The first-order chi connectivity index (χ1) is 6.53. The Bertz CT molecular complexity index is 301. The van der Waals surface area contributed by atoms with Gasteiger partial charge in [0.25, 0.3) is 0 Å². The van der Waals surface area contributed by atoms with Crippen molar-refractivity contribution in [3.8, 4) is 0 Å². The number of hydrogen-bond acceptors (Lipinski definition) is 4. The summed E-state index contributed by atoms with van der Waals surface area (Å²) in [6.07, 6.45) is 0.498. The Labute approximate surface area is 83.1 Å². The maximum atomic E-state index is 11.1. The van der Waals surface area contributed by atoms with Crippen molar-refractivity contribution in [2.75, 3.05) is 24.6 Å². The summed E-state index contributed by atoms with van der Waals surface area (Å²) < 4.78 is 22.1. The van der Waals surface area contributed by atoms with Crippen molar-refractivity contribution < 1.29 is 13.2 Å². The van der Waals surface area contributed by atoms with Gasteiger partial charge in [0.05, 0.1) is 11.5 Å². The molecule has 0 aromatic heterocycles. The number of rotatable bonds is 3. The van der Waals surface area contributed by atoms with Gasteiger partial charge in [0.15, 0.2) is 9.84 Å². The van der Waals surface area contributed by atoms with Crippen molar-refractivity contribution in [3.63, 3.8) is 0 Å². The van der Waals surface area contributed by atoms with Gasteiger partial charge in [0, 0.05) is 19.1 Å². The zero-order valence-corrected chi connectivity index (χ0v) is 8.64. The van der Waals surface area contributed by atoms with Gasteiger partial charge in [-0.15, -0.1) is 0 Å². The normalized spacial score (nSPS) is 24.5. The summed E-state index contributed by atoms with van der Waals surface area (Å²) in [6, 6.07) is -0.602. The lowest BCUT2D eigenvalue weighted by atomic mass is 10.3. The molecule has 7 heteroatoms. The molecule has 0 aliphatic carbocycles. The lowest BCUT2D eigenvalue weighted by Gasteiger charge is -2.11. The van der Waals surface area contributed by atoms with E-state index < -0.39 is 9.84 Å². The summed E-state index contributed by atoms with van der Waals surface area (Å²) >= 11 is 0. The van der Waals surface area contributed by atoms with E-state index in [9.17, 15) is 13.2 Å². The van der Waals surface area contributed by atoms with E-state index in [0.717, 1.165) is 0 Å². The first-order valence-corrected chi connectivity index (χ1v) is 6.30. The number of carbonyl (C=O) groups excluding carboxylic acids is 1. The van der Waals surface area contributed by atoms with E-state index >= 15 is 0 Å². The number of urea groups is 1. The first-order valence-electron chi connectivity index (χ1n) is 4.48. The van der Waals surface area contributed by atoms with Crippen LogP contribution >= 0.6 is 0 Å². The molecule has 1 aliphatic rings. The maximum absolute atomic E-state index is 11.1. The zero-order chi connectivity index (χ0) is 10.6. The SMILES string of the molecule is NCCNC(=O)NC1CCS(=O)(=O)C1. The third kappa shape index (κ3) is 3.51. The second kappa shape index (κ2) is 4.61. The topological polar surface area (TPSA) is 101 Å². The van der Waals surface area contributed by atoms with Gasteiger partial charge in [-0.2, -0.15) is 0 Å². The molecule has 0 saturated carbocycles. The molecular formula is C7H15N3O3S. The first kappa shape index (κ1) is 11.3. The molecule has 1 unspecified atom stereocenters. The van der Waals surface area contributed by atoms with Crippen molar-refractivity contribution in [2.45, 2.75) is 12.5 Å². The lowest BCUT2D eigenvalue weighted by Crippen LogP contribution is -2.44. The lowest BCUT2D eigenvalue weighted by molar-refractivity contribution is 0.238. The second-order valence-corrected chi connectivity index (χ2v) is 5.52. The summed E-state index contributed by atoms with van der Waals surface area (Å²) in [5, 5.41) is 5.10. The predicted octanol–water partition coefficient (Wildman–Crippen LogP) is -1.57. The van der Waals surface area contributed by atoms with Gasteiger partial charge in [-0.1, -0.05) is 0 Å². The number of sulfone groups is 1. The molecule has 1 atom stereocenters. The highest BCUT2D eigenvalue weighted by Crippen LogP contribution is 2.10. The van der Waals surface area contributed by atoms with E-state index in [1.165, 1.54) is 0 Å². The van der Waals surface area contributed by atoms with E-state index in [1.54, 1.807) is 0 Å². The summed E-state index contributed by atoms with van der Waals surface area (Å²) in [4.78, 5) is 11.1. The minimum atomic E-state index is -2.93. The average molecular weight is 221 g/mol. The average Bonchev–Trinajstić information content (AvgIpc) is 2.42. The van der Waals surface area contributed by atoms with Crippen molar-refractivity contribution in [2.24, 2.45) is 5.73 Å². The van der Waals surface area contributed by atoms with Gasteiger partial charge in [-0.05, 0) is 6.42 Å². The predicted molar refractivity (Wildman–Crippen MR) is 52.6 cm³/mol. The molecular weight excluding hydrogens is 206 g/mol. The smallest absolute Gasteiger partial charge is 0.315 e. The fourth-order valence-electron chi connectivity index (χ4n) is 1.33. The highest BCUT2D eigenvalue weighted by atomic mass is 32.2. The molecule has 1 aliphatic heterocycles. The highest BCUT2D eigenvalue weighted by molar-refractivity contribution is 7.91. The zero-order valence-electron chi connectivity index (χ0n) is 7.82. The van der Waals surface area contributed by atoms with Gasteiger partial charge >= 0.3 is 6.03 Å².